The summed E-state index contributed by atoms with van der Waals surface area (Å²) < 4.78 is 1.47. The fourth-order valence-corrected chi connectivity index (χ4v) is 3.72. The number of hydrogen-bond acceptors (Lipinski definition) is 6. The van der Waals surface area contributed by atoms with Crippen LogP contribution in [0, 0.1) is 11.3 Å². The number of hydrogen-bond donors (Lipinski definition) is 2. The average molecular weight is 430 g/mol. The summed E-state index contributed by atoms with van der Waals surface area (Å²) >= 11 is 0. The lowest BCUT2D eigenvalue weighted by Crippen LogP contribution is -2.45. The molecule has 0 spiro atoms. The number of nitriles is 1. The zero-order valence-electron chi connectivity index (χ0n) is 18.2. The quantitative estimate of drug-likeness (QED) is 0.624. The number of aromatic nitrogens is 2. The highest BCUT2D eigenvalue weighted by molar-refractivity contribution is 6.04. The van der Waals surface area contributed by atoms with Crippen LogP contribution >= 0.6 is 0 Å². The number of rotatable bonds is 6. The predicted octanol–water partition coefficient (Wildman–Crippen LogP) is 2.37. The van der Waals surface area contributed by atoms with Gasteiger partial charge in [-0.25, -0.2) is 4.68 Å². The van der Waals surface area contributed by atoms with Crippen molar-refractivity contribution in [3.05, 3.63) is 71.4 Å². The summed E-state index contributed by atoms with van der Waals surface area (Å²) in [6.07, 6.45) is 2.42. The lowest BCUT2D eigenvalue weighted by atomic mass is 10.1. The van der Waals surface area contributed by atoms with Crippen molar-refractivity contribution in [3.8, 4) is 11.8 Å². The predicted molar refractivity (Wildman–Crippen MR) is 125 cm³/mol. The van der Waals surface area contributed by atoms with Crippen molar-refractivity contribution in [2.24, 2.45) is 0 Å². The first-order chi connectivity index (χ1) is 15.5. The van der Waals surface area contributed by atoms with E-state index in [1.807, 2.05) is 18.2 Å². The van der Waals surface area contributed by atoms with Gasteiger partial charge in [0.05, 0.1) is 11.9 Å². The van der Waals surface area contributed by atoms with Gasteiger partial charge in [0.1, 0.15) is 17.5 Å². The van der Waals surface area contributed by atoms with Crippen LogP contribution in [0.25, 0.3) is 5.69 Å². The normalized spacial score (nSPS) is 14.8. The number of nitrogens with one attached hydrogen (secondary N) is 1. The monoisotopic (exact) mass is 429 g/mol. The molecule has 1 fully saturated rings. The summed E-state index contributed by atoms with van der Waals surface area (Å²) in [5.41, 5.74) is 9.48. The highest BCUT2D eigenvalue weighted by atomic mass is 16.1. The van der Waals surface area contributed by atoms with Crippen molar-refractivity contribution >= 4 is 17.4 Å². The number of nitrogens with two attached hydrogens (primary N) is 1. The van der Waals surface area contributed by atoms with Crippen LogP contribution in [0.3, 0.4) is 0 Å². The van der Waals surface area contributed by atoms with Crippen LogP contribution in [0.2, 0.25) is 0 Å². The zero-order valence-corrected chi connectivity index (χ0v) is 18.2. The van der Waals surface area contributed by atoms with Gasteiger partial charge < -0.3 is 20.9 Å². The van der Waals surface area contributed by atoms with Gasteiger partial charge in [-0.2, -0.15) is 10.4 Å². The van der Waals surface area contributed by atoms with Gasteiger partial charge >= 0.3 is 0 Å². The van der Waals surface area contributed by atoms with Gasteiger partial charge in [0.25, 0.3) is 5.91 Å². The maximum atomic E-state index is 12.6. The van der Waals surface area contributed by atoms with Gasteiger partial charge in [0.2, 0.25) is 0 Å². The van der Waals surface area contributed by atoms with Gasteiger partial charge in [0, 0.05) is 44.0 Å². The minimum atomic E-state index is -0.187. The maximum Gasteiger partial charge on any atom is 0.255 e. The van der Waals surface area contributed by atoms with Crippen molar-refractivity contribution in [1.82, 2.24) is 19.6 Å². The molecule has 2 aromatic carbocycles. The van der Waals surface area contributed by atoms with E-state index in [0.29, 0.717) is 16.8 Å². The van der Waals surface area contributed by atoms with Crippen LogP contribution in [0.5, 0.6) is 0 Å². The summed E-state index contributed by atoms with van der Waals surface area (Å²) in [4.78, 5) is 17.5. The first-order valence-corrected chi connectivity index (χ1v) is 10.7. The van der Waals surface area contributed by atoms with Crippen LogP contribution < -0.4 is 11.1 Å². The number of carbonyl (C=O) groups is 1. The molecule has 1 aliphatic rings. The van der Waals surface area contributed by atoms with E-state index in [2.05, 4.69) is 39.4 Å². The van der Waals surface area contributed by atoms with Crippen LogP contribution in [-0.2, 0) is 6.42 Å². The molecule has 4 rings (SSSR count). The Hall–Kier alpha value is -3.67. The van der Waals surface area contributed by atoms with Crippen LogP contribution in [0.15, 0.2) is 54.7 Å². The Bertz CT molecular complexity index is 1100. The maximum absolute atomic E-state index is 12.6. The lowest BCUT2D eigenvalue weighted by Gasteiger charge is -2.32. The highest BCUT2D eigenvalue weighted by Gasteiger charge is 2.13. The summed E-state index contributed by atoms with van der Waals surface area (Å²) in [7, 11) is 2.17. The molecule has 3 N–H and O–H groups in total. The summed E-state index contributed by atoms with van der Waals surface area (Å²) in [5, 5.41) is 16.1. The molecule has 1 saturated heterocycles. The first-order valence-electron chi connectivity index (χ1n) is 10.7. The molecule has 1 aliphatic heterocycles. The molecular weight excluding hydrogens is 402 g/mol. The fourth-order valence-electron chi connectivity index (χ4n) is 3.72. The van der Waals surface area contributed by atoms with Crippen LogP contribution in [0.1, 0.15) is 21.5 Å². The van der Waals surface area contributed by atoms with Crippen molar-refractivity contribution < 1.29 is 4.79 Å². The van der Waals surface area contributed by atoms with Gasteiger partial charge in [-0.1, -0.05) is 12.1 Å². The molecule has 0 aliphatic carbocycles. The molecule has 2 heterocycles. The first kappa shape index (κ1) is 21.6. The SMILES string of the molecule is CN1CCN(CCc2ccc(NC(=O)c3ccc(-n4ncc(C#N)c4N)cc3)cc2)CC1. The van der Waals surface area contributed by atoms with Gasteiger partial charge in [-0.05, 0) is 55.4 Å². The fraction of sp³-hybridized carbons (Fsp3) is 0.292. The molecule has 164 valence electrons. The Morgan fingerprint density at radius 1 is 1.09 bits per heavy atom. The molecule has 8 nitrogen and oxygen atoms in total. The number of nitrogens with zero attached hydrogens (tertiary/aromatic N) is 5. The van der Waals surface area contributed by atoms with E-state index in [0.717, 1.165) is 44.8 Å². The molecule has 0 radical (unpaired) electrons. The number of piperazine rings is 1. The standard InChI is InChI=1S/C24H27N7O/c1-29-12-14-30(15-13-29)11-10-18-2-6-21(7-3-18)28-24(32)19-4-8-22(9-5-19)31-23(26)20(16-25)17-27-31/h2-9,17H,10-15,26H2,1H3,(H,28,32). The minimum Gasteiger partial charge on any atom is -0.382 e. The number of carbonyl (C=O) groups excluding carboxylic acids is 1. The molecule has 0 bridgehead atoms. The third-order valence-electron chi connectivity index (χ3n) is 5.83. The number of likely N-dealkylation sites (N-methyl/N-ethyl adjacent to an activating group) is 1. The summed E-state index contributed by atoms with van der Waals surface area (Å²) in [5.74, 6) is 0.0882. The highest BCUT2D eigenvalue weighted by Crippen LogP contribution is 2.18. The third kappa shape index (κ3) is 4.97. The molecular formula is C24H27N7O. The van der Waals surface area contributed by atoms with E-state index in [4.69, 9.17) is 11.0 Å². The molecule has 3 aromatic rings. The van der Waals surface area contributed by atoms with Gasteiger partial charge in [-0.15, -0.1) is 0 Å². The van der Waals surface area contributed by atoms with Gasteiger partial charge in [-0.3, -0.25) is 4.79 Å². The summed E-state index contributed by atoms with van der Waals surface area (Å²) in [6, 6.07) is 16.9. The van der Waals surface area contributed by atoms with Crippen LogP contribution in [0.4, 0.5) is 11.5 Å². The zero-order chi connectivity index (χ0) is 22.5. The van der Waals surface area contributed by atoms with Gasteiger partial charge in [0.15, 0.2) is 0 Å². The van der Waals surface area contributed by atoms with E-state index >= 15 is 0 Å². The molecule has 32 heavy (non-hydrogen) atoms. The Labute approximate surface area is 187 Å². The number of benzene rings is 2. The van der Waals surface area contributed by atoms with Crippen molar-refractivity contribution in [2.45, 2.75) is 6.42 Å². The second-order valence-corrected chi connectivity index (χ2v) is 8.06. The molecule has 8 heteroatoms. The topological polar surface area (TPSA) is 103 Å². The van der Waals surface area contributed by atoms with E-state index in [1.165, 1.54) is 16.4 Å². The molecule has 1 amide bonds. The van der Waals surface area contributed by atoms with E-state index in [9.17, 15) is 4.79 Å². The number of nitrogen functional groups attached to an aromatic ring is 1. The lowest BCUT2D eigenvalue weighted by molar-refractivity contribution is 0.102. The molecule has 0 unspecified atom stereocenters. The van der Waals surface area contributed by atoms with E-state index in [1.54, 1.807) is 24.3 Å². The van der Waals surface area contributed by atoms with Crippen molar-refractivity contribution in [3.63, 3.8) is 0 Å². The van der Waals surface area contributed by atoms with Crippen molar-refractivity contribution in [2.75, 3.05) is 50.8 Å². The van der Waals surface area contributed by atoms with Crippen LogP contribution in [-0.4, -0.2) is 65.3 Å². The smallest absolute Gasteiger partial charge is 0.255 e. The summed E-state index contributed by atoms with van der Waals surface area (Å²) in [6.45, 7) is 5.55. The minimum absolute atomic E-state index is 0.187. The molecule has 0 atom stereocenters. The second kappa shape index (κ2) is 9.64. The third-order valence-corrected chi connectivity index (χ3v) is 5.83. The Morgan fingerprint density at radius 2 is 1.78 bits per heavy atom. The molecule has 0 saturated carbocycles. The Morgan fingerprint density at radius 3 is 2.41 bits per heavy atom. The molecule has 1 aromatic heterocycles. The van der Waals surface area contributed by atoms with E-state index in [-0.39, 0.29) is 11.7 Å². The van der Waals surface area contributed by atoms with E-state index < -0.39 is 0 Å². The second-order valence-electron chi connectivity index (χ2n) is 8.06. The Balaban J connectivity index is 1.32. The Kier molecular flexibility index (Phi) is 6.50. The number of anilines is 2. The number of amides is 1. The average Bonchev–Trinajstić information content (AvgIpc) is 3.20. The van der Waals surface area contributed by atoms with Crippen molar-refractivity contribution in [1.29, 1.82) is 5.26 Å². The largest absolute Gasteiger partial charge is 0.382 e.